The van der Waals surface area contributed by atoms with Gasteiger partial charge in [0, 0.05) is 6.42 Å². The molecule has 1 heterocycles. The molecule has 0 unspecified atom stereocenters. The second-order valence-electron chi connectivity index (χ2n) is 3.00. The maximum Gasteiger partial charge on any atom is 0.161 e. The Kier molecular flexibility index (Phi) is 4.23. The van der Waals surface area contributed by atoms with Gasteiger partial charge in [-0.25, -0.2) is 0 Å². The average molecular weight is 198 g/mol. The lowest BCUT2D eigenvalue weighted by Gasteiger charge is -2.06. The Morgan fingerprint density at radius 1 is 1.07 bits per heavy atom. The number of hydrogen-bond donors (Lipinski definition) is 0. The minimum absolute atomic E-state index is 0.500. The van der Waals surface area contributed by atoms with Gasteiger partial charge in [-0.3, -0.25) is 4.39 Å². The van der Waals surface area contributed by atoms with E-state index in [-0.39, 0.29) is 0 Å². The smallest absolute Gasteiger partial charge is 0.161 e. The summed E-state index contributed by atoms with van der Waals surface area (Å²) in [6.07, 6.45) is 0.966. The van der Waals surface area contributed by atoms with Crippen LogP contribution >= 0.6 is 0 Å². The second kappa shape index (κ2) is 5.47. The van der Waals surface area contributed by atoms with Crippen LogP contribution in [0.25, 0.3) is 0 Å². The Morgan fingerprint density at radius 2 is 1.71 bits per heavy atom. The molecule has 0 atom stereocenters. The van der Waals surface area contributed by atoms with Gasteiger partial charge in [0.25, 0.3) is 0 Å². The number of ether oxygens (including phenoxy) is 2. The van der Waals surface area contributed by atoms with Crippen molar-refractivity contribution in [2.75, 3.05) is 20.4 Å². The van der Waals surface area contributed by atoms with Crippen LogP contribution in [0.3, 0.4) is 0 Å². The first-order valence-electron chi connectivity index (χ1n) is 4.60. The Balaban J connectivity index is 0.000000461. The number of aryl methyl sites for hydroxylation is 1. The van der Waals surface area contributed by atoms with Gasteiger partial charge in [-0.2, -0.15) is 0 Å². The summed E-state index contributed by atoms with van der Waals surface area (Å²) in [4.78, 5) is 0. The van der Waals surface area contributed by atoms with Crippen LogP contribution in [0.15, 0.2) is 18.2 Å². The molecule has 1 aromatic carbocycles. The van der Waals surface area contributed by atoms with Crippen molar-refractivity contribution in [1.29, 1.82) is 0 Å². The quantitative estimate of drug-likeness (QED) is 0.638. The zero-order valence-electron chi connectivity index (χ0n) is 8.55. The topological polar surface area (TPSA) is 18.5 Å². The lowest BCUT2D eigenvalue weighted by molar-refractivity contribution is 0.297. The standard InChI is InChI=1S/C10H12O2.CH3F/c1-8-3-4-9-10(7-8)12-6-2-5-11-9;1-2/h3-4,7H,2,5-6H2,1H3;1H3. The summed E-state index contributed by atoms with van der Waals surface area (Å²) in [6.45, 7) is 3.57. The molecule has 0 bridgehead atoms. The van der Waals surface area contributed by atoms with Crippen LogP contribution in [0.5, 0.6) is 11.5 Å². The van der Waals surface area contributed by atoms with E-state index in [4.69, 9.17) is 9.47 Å². The van der Waals surface area contributed by atoms with Crippen molar-refractivity contribution in [3.63, 3.8) is 0 Å². The Labute approximate surface area is 83.6 Å². The normalized spacial score (nSPS) is 13.6. The van der Waals surface area contributed by atoms with Gasteiger partial charge in [-0.05, 0) is 24.6 Å². The first-order chi connectivity index (χ1) is 6.86. The summed E-state index contributed by atoms with van der Waals surface area (Å²) in [7, 11) is 0.500. The monoisotopic (exact) mass is 198 g/mol. The molecule has 14 heavy (non-hydrogen) atoms. The maximum atomic E-state index is 9.50. The van der Waals surface area contributed by atoms with Crippen LogP contribution in [0.2, 0.25) is 0 Å². The van der Waals surface area contributed by atoms with Crippen LogP contribution in [-0.4, -0.2) is 20.4 Å². The molecular formula is C11H15FO2. The largest absolute Gasteiger partial charge is 0.490 e. The fraction of sp³-hybridized carbons (Fsp3) is 0.455. The SMILES string of the molecule is CF.Cc1ccc2c(c1)OCCCO2. The zero-order chi connectivity index (χ0) is 10.4. The average Bonchev–Trinajstić information content (AvgIpc) is 2.45. The van der Waals surface area contributed by atoms with Gasteiger partial charge in [0.1, 0.15) is 0 Å². The van der Waals surface area contributed by atoms with Gasteiger partial charge < -0.3 is 9.47 Å². The van der Waals surface area contributed by atoms with Crippen LogP contribution in [-0.2, 0) is 0 Å². The van der Waals surface area contributed by atoms with Crippen LogP contribution < -0.4 is 9.47 Å². The van der Waals surface area contributed by atoms with E-state index in [9.17, 15) is 4.39 Å². The molecule has 0 radical (unpaired) electrons. The van der Waals surface area contributed by atoms with Crippen LogP contribution in [0.4, 0.5) is 4.39 Å². The van der Waals surface area contributed by atoms with Crippen molar-refractivity contribution >= 4 is 0 Å². The number of halogens is 1. The molecule has 0 N–H and O–H groups in total. The molecule has 3 heteroatoms. The van der Waals surface area contributed by atoms with Crippen LogP contribution in [0, 0.1) is 6.92 Å². The minimum Gasteiger partial charge on any atom is -0.490 e. The third-order valence-corrected chi connectivity index (χ3v) is 1.90. The zero-order valence-corrected chi connectivity index (χ0v) is 8.55. The number of hydrogen-bond acceptors (Lipinski definition) is 2. The Morgan fingerprint density at radius 3 is 2.43 bits per heavy atom. The van der Waals surface area contributed by atoms with E-state index in [2.05, 4.69) is 6.92 Å². The molecule has 2 rings (SSSR count). The predicted molar refractivity (Wildman–Crippen MR) is 53.8 cm³/mol. The fourth-order valence-corrected chi connectivity index (χ4v) is 1.27. The second-order valence-corrected chi connectivity index (χ2v) is 3.00. The molecule has 0 amide bonds. The first-order valence-corrected chi connectivity index (χ1v) is 4.60. The number of rotatable bonds is 0. The van der Waals surface area contributed by atoms with Crippen molar-refractivity contribution in [3.8, 4) is 11.5 Å². The van der Waals surface area contributed by atoms with Crippen molar-refractivity contribution in [2.45, 2.75) is 13.3 Å². The Hall–Kier alpha value is -1.25. The maximum absolute atomic E-state index is 9.50. The lowest BCUT2D eigenvalue weighted by Crippen LogP contribution is -1.97. The summed E-state index contributed by atoms with van der Waals surface area (Å²) >= 11 is 0. The highest BCUT2D eigenvalue weighted by molar-refractivity contribution is 5.42. The summed E-state index contributed by atoms with van der Waals surface area (Å²) < 4.78 is 20.5. The van der Waals surface area contributed by atoms with E-state index in [0.29, 0.717) is 7.18 Å². The van der Waals surface area contributed by atoms with Gasteiger partial charge >= 0.3 is 0 Å². The third-order valence-electron chi connectivity index (χ3n) is 1.90. The molecule has 0 aromatic heterocycles. The van der Waals surface area contributed by atoms with Crippen molar-refractivity contribution < 1.29 is 13.9 Å². The molecule has 0 spiro atoms. The van der Waals surface area contributed by atoms with Crippen molar-refractivity contribution in [2.24, 2.45) is 0 Å². The number of fused-ring (bicyclic) bond motifs is 1. The summed E-state index contributed by atoms with van der Waals surface area (Å²) in [5.41, 5.74) is 1.21. The number of benzene rings is 1. The molecule has 2 nitrogen and oxygen atoms in total. The molecule has 0 saturated carbocycles. The highest BCUT2D eigenvalue weighted by Gasteiger charge is 2.08. The summed E-state index contributed by atoms with van der Waals surface area (Å²) in [5, 5.41) is 0. The Bertz CT molecular complexity index is 287. The summed E-state index contributed by atoms with van der Waals surface area (Å²) in [5.74, 6) is 1.76. The molecule has 0 aliphatic carbocycles. The van der Waals surface area contributed by atoms with E-state index in [0.717, 1.165) is 31.1 Å². The van der Waals surface area contributed by atoms with E-state index in [1.807, 2.05) is 18.2 Å². The third kappa shape index (κ3) is 2.62. The van der Waals surface area contributed by atoms with Gasteiger partial charge in [0.05, 0.1) is 20.4 Å². The molecule has 1 aliphatic rings. The van der Waals surface area contributed by atoms with Gasteiger partial charge in [-0.1, -0.05) is 6.07 Å². The highest BCUT2D eigenvalue weighted by atomic mass is 19.1. The molecule has 1 aliphatic heterocycles. The van der Waals surface area contributed by atoms with Crippen molar-refractivity contribution in [1.82, 2.24) is 0 Å². The molecule has 1 aromatic rings. The van der Waals surface area contributed by atoms with E-state index < -0.39 is 0 Å². The van der Waals surface area contributed by atoms with Crippen molar-refractivity contribution in [3.05, 3.63) is 23.8 Å². The van der Waals surface area contributed by atoms with Crippen LogP contribution in [0.1, 0.15) is 12.0 Å². The van der Waals surface area contributed by atoms with E-state index in [1.54, 1.807) is 0 Å². The van der Waals surface area contributed by atoms with Gasteiger partial charge in [-0.15, -0.1) is 0 Å². The van der Waals surface area contributed by atoms with Gasteiger partial charge in [0.15, 0.2) is 11.5 Å². The predicted octanol–water partition coefficient (Wildman–Crippen LogP) is 2.74. The molecule has 0 fully saturated rings. The highest BCUT2D eigenvalue weighted by Crippen LogP contribution is 2.29. The minimum atomic E-state index is 0.500. The fourth-order valence-electron chi connectivity index (χ4n) is 1.27. The molecule has 0 saturated heterocycles. The van der Waals surface area contributed by atoms with Gasteiger partial charge in [0.2, 0.25) is 0 Å². The first kappa shape index (κ1) is 10.8. The molecule has 78 valence electrons. The molecular weight excluding hydrogens is 183 g/mol. The summed E-state index contributed by atoms with van der Waals surface area (Å²) in [6, 6.07) is 6.02. The number of alkyl halides is 1. The van der Waals surface area contributed by atoms with E-state index in [1.165, 1.54) is 5.56 Å². The lowest BCUT2D eigenvalue weighted by atomic mass is 10.2. The van der Waals surface area contributed by atoms with E-state index >= 15 is 0 Å².